The molecule has 0 spiro atoms. The van der Waals surface area contributed by atoms with Crippen LogP contribution in [0.3, 0.4) is 0 Å². The zero-order valence-electron chi connectivity index (χ0n) is 12.5. The molecule has 1 N–H and O–H groups in total. The molecule has 1 aliphatic rings. The molecule has 1 saturated heterocycles. The van der Waals surface area contributed by atoms with Crippen LogP contribution in [0.2, 0.25) is 0 Å². The van der Waals surface area contributed by atoms with Gasteiger partial charge >= 0.3 is 0 Å². The zero-order valence-corrected chi connectivity index (χ0v) is 12.5. The molecule has 2 unspecified atom stereocenters. The van der Waals surface area contributed by atoms with Crippen LogP contribution in [0.1, 0.15) is 30.6 Å². The number of morpholine rings is 1. The molecule has 5 nitrogen and oxygen atoms in total. The number of rotatable bonds is 4. The zero-order chi connectivity index (χ0) is 15.2. The van der Waals surface area contributed by atoms with Gasteiger partial charge in [0.1, 0.15) is 0 Å². The number of hydrogen-bond acceptors (Lipinski definition) is 3. The van der Waals surface area contributed by atoms with Crippen molar-refractivity contribution in [2.45, 2.75) is 32.4 Å². The average molecular weight is 290 g/mol. The second-order valence-electron chi connectivity index (χ2n) is 5.47. The van der Waals surface area contributed by atoms with Crippen LogP contribution < -0.4 is 5.32 Å². The molecule has 0 aromatic heterocycles. The van der Waals surface area contributed by atoms with E-state index in [0.29, 0.717) is 31.7 Å². The van der Waals surface area contributed by atoms with E-state index in [9.17, 15) is 9.59 Å². The normalized spacial score (nSPS) is 19.9. The summed E-state index contributed by atoms with van der Waals surface area (Å²) in [5.41, 5.74) is 0.608. The van der Waals surface area contributed by atoms with Crippen LogP contribution in [0.5, 0.6) is 0 Å². The van der Waals surface area contributed by atoms with E-state index in [4.69, 9.17) is 4.74 Å². The lowest BCUT2D eigenvalue weighted by Crippen LogP contribution is -2.46. The Morgan fingerprint density at radius 2 is 2.10 bits per heavy atom. The van der Waals surface area contributed by atoms with Crippen molar-refractivity contribution in [1.29, 1.82) is 0 Å². The third-order valence-electron chi connectivity index (χ3n) is 3.49. The molecule has 1 fully saturated rings. The SMILES string of the molecule is CC(CC(=O)N1CCOC(C)C1)NC(=O)c1ccccc1. The van der Waals surface area contributed by atoms with Crippen LogP contribution in [0.15, 0.2) is 30.3 Å². The first kappa shape index (κ1) is 15.5. The molecule has 2 amide bonds. The van der Waals surface area contributed by atoms with Crippen molar-refractivity contribution in [1.82, 2.24) is 10.2 Å². The van der Waals surface area contributed by atoms with Gasteiger partial charge in [0.25, 0.3) is 5.91 Å². The molecular weight excluding hydrogens is 268 g/mol. The highest BCUT2D eigenvalue weighted by Gasteiger charge is 2.23. The van der Waals surface area contributed by atoms with Crippen molar-refractivity contribution in [2.24, 2.45) is 0 Å². The molecule has 1 aromatic carbocycles. The van der Waals surface area contributed by atoms with Crippen LogP contribution in [-0.2, 0) is 9.53 Å². The highest BCUT2D eigenvalue weighted by atomic mass is 16.5. The predicted octanol–water partition coefficient (Wildman–Crippen LogP) is 1.44. The van der Waals surface area contributed by atoms with Crippen molar-refractivity contribution in [2.75, 3.05) is 19.7 Å². The average Bonchev–Trinajstić information content (AvgIpc) is 2.48. The van der Waals surface area contributed by atoms with Crippen LogP contribution in [0.25, 0.3) is 0 Å². The summed E-state index contributed by atoms with van der Waals surface area (Å²) in [6, 6.07) is 8.83. The van der Waals surface area contributed by atoms with E-state index in [0.717, 1.165) is 0 Å². The molecule has 1 aliphatic heterocycles. The summed E-state index contributed by atoms with van der Waals surface area (Å²) in [6.07, 6.45) is 0.391. The third kappa shape index (κ3) is 4.56. The van der Waals surface area contributed by atoms with Crippen LogP contribution in [-0.4, -0.2) is 48.6 Å². The first-order chi connectivity index (χ1) is 10.1. The summed E-state index contributed by atoms with van der Waals surface area (Å²) in [7, 11) is 0. The Morgan fingerprint density at radius 3 is 2.76 bits per heavy atom. The first-order valence-electron chi connectivity index (χ1n) is 7.31. The number of ether oxygens (including phenoxy) is 1. The third-order valence-corrected chi connectivity index (χ3v) is 3.49. The topological polar surface area (TPSA) is 58.6 Å². The Morgan fingerprint density at radius 1 is 1.38 bits per heavy atom. The van der Waals surface area contributed by atoms with E-state index in [1.807, 2.05) is 32.0 Å². The van der Waals surface area contributed by atoms with Crippen molar-refractivity contribution < 1.29 is 14.3 Å². The molecule has 2 atom stereocenters. The van der Waals surface area contributed by atoms with E-state index in [1.54, 1.807) is 17.0 Å². The molecule has 1 heterocycles. The van der Waals surface area contributed by atoms with Crippen molar-refractivity contribution in [3.05, 3.63) is 35.9 Å². The first-order valence-corrected chi connectivity index (χ1v) is 7.31. The lowest BCUT2D eigenvalue weighted by Gasteiger charge is -2.32. The molecule has 0 aliphatic carbocycles. The van der Waals surface area contributed by atoms with Gasteiger partial charge in [-0.1, -0.05) is 18.2 Å². The molecule has 114 valence electrons. The fourth-order valence-corrected chi connectivity index (χ4v) is 2.38. The minimum Gasteiger partial charge on any atom is -0.375 e. The minimum atomic E-state index is -0.191. The summed E-state index contributed by atoms with van der Waals surface area (Å²) in [4.78, 5) is 26.0. The van der Waals surface area contributed by atoms with Crippen LogP contribution in [0, 0.1) is 0 Å². The molecular formula is C16H22N2O3. The highest BCUT2D eigenvalue weighted by Crippen LogP contribution is 2.08. The Bertz CT molecular complexity index is 490. The Kier molecular flexibility index (Phi) is 5.33. The number of nitrogens with one attached hydrogen (secondary N) is 1. The van der Waals surface area contributed by atoms with Crippen molar-refractivity contribution in [3.8, 4) is 0 Å². The second kappa shape index (κ2) is 7.22. The summed E-state index contributed by atoms with van der Waals surface area (Å²) in [6.45, 7) is 5.64. The maximum atomic E-state index is 12.2. The summed E-state index contributed by atoms with van der Waals surface area (Å²) < 4.78 is 5.42. The minimum absolute atomic E-state index is 0.0611. The van der Waals surface area contributed by atoms with E-state index in [1.165, 1.54) is 0 Å². The molecule has 0 saturated carbocycles. The highest BCUT2D eigenvalue weighted by molar-refractivity contribution is 5.94. The Hall–Kier alpha value is -1.88. The van der Waals surface area contributed by atoms with E-state index in [-0.39, 0.29) is 24.0 Å². The van der Waals surface area contributed by atoms with E-state index < -0.39 is 0 Å². The fourth-order valence-electron chi connectivity index (χ4n) is 2.38. The lowest BCUT2D eigenvalue weighted by atomic mass is 10.1. The molecule has 21 heavy (non-hydrogen) atoms. The largest absolute Gasteiger partial charge is 0.375 e. The van der Waals surface area contributed by atoms with Crippen molar-refractivity contribution >= 4 is 11.8 Å². The second-order valence-corrected chi connectivity index (χ2v) is 5.47. The maximum Gasteiger partial charge on any atom is 0.251 e. The van der Waals surface area contributed by atoms with E-state index >= 15 is 0 Å². The van der Waals surface area contributed by atoms with Gasteiger partial charge in [0.2, 0.25) is 5.91 Å². The number of carbonyl (C=O) groups is 2. The Labute approximate surface area is 125 Å². The quantitative estimate of drug-likeness (QED) is 0.913. The van der Waals surface area contributed by atoms with Gasteiger partial charge in [-0.3, -0.25) is 9.59 Å². The number of carbonyl (C=O) groups excluding carboxylic acids is 2. The van der Waals surface area contributed by atoms with Gasteiger partial charge in [-0.05, 0) is 26.0 Å². The van der Waals surface area contributed by atoms with Gasteiger partial charge in [-0.25, -0.2) is 0 Å². The van der Waals surface area contributed by atoms with Gasteiger partial charge in [0.05, 0.1) is 12.7 Å². The standard InChI is InChI=1S/C16H22N2O3/c1-12(17-16(20)14-6-4-3-5-7-14)10-15(19)18-8-9-21-13(2)11-18/h3-7,12-13H,8-11H2,1-2H3,(H,17,20). The number of benzene rings is 1. The van der Waals surface area contributed by atoms with Gasteiger partial charge < -0.3 is 15.0 Å². The van der Waals surface area contributed by atoms with E-state index in [2.05, 4.69) is 5.32 Å². The molecule has 5 heteroatoms. The molecule has 0 bridgehead atoms. The summed E-state index contributed by atoms with van der Waals surface area (Å²) in [5, 5.41) is 2.86. The van der Waals surface area contributed by atoms with Crippen LogP contribution in [0.4, 0.5) is 0 Å². The van der Waals surface area contributed by atoms with Crippen molar-refractivity contribution in [3.63, 3.8) is 0 Å². The smallest absolute Gasteiger partial charge is 0.251 e. The summed E-state index contributed by atoms with van der Waals surface area (Å²) in [5.74, 6) is -0.0859. The fraction of sp³-hybridized carbons (Fsp3) is 0.500. The number of amides is 2. The van der Waals surface area contributed by atoms with Gasteiger partial charge in [-0.15, -0.1) is 0 Å². The lowest BCUT2D eigenvalue weighted by molar-refractivity contribution is -0.138. The molecule has 1 aromatic rings. The maximum absolute atomic E-state index is 12.2. The van der Waals surface area contributed by atoms with Gasteiger partial charge in [0, 0.05) is 31.1 Å². The molecule has 2 rings (SSSR count). The summed E-state index contributed by atoms with van der Waals surface area (Å²) >= 11 is 0. The van der Waals surface area contributed by atoms with Gasteiger partial charge in [0.15, 0.2) is 0 Å². The Balaban J connectivity index is 1.82. The number of hydrogen-bond donors (Lipinski definition) is 1. The van der Waals surface area contributed by atoms with Crippen LogP contribution >= 0.6 is 0 Å². The monoisotopic (exact) mass is 290 g/mol. The van der Waals surface area contributed by atoms with Gasteiger partial charge in [-0.2, -0.15) is 0 Å². The predicted molar refractivity (Wildman–Crippen MR) is 80.0 cm³/mol. The molecule has 0 radical (unpaired) electrons. The number of nitrogens with zero attached hydrogens (tertiary/aromatic N) is 1.